The lowest BCUT2D eigenvalue weighted by molar-refractivity contribution is -0.111. The highest BCUT2D eigenvalue weighted by atomic mass is 35.5. The standard InChI is InChI=1S/C21H26Cl2O2/c1-19-12-18(22)21(23)17(16(19)5-3-13(19)8-10-24)6-4-14-11-15(25)7-9-20(14,21)2/h7,9-11,13,16-18H,3-6,8,12H2,1-2H3/t13-,16+,17+,18?,19-,20+,21+/m1/s1. The van der Waals surface area contributed by atoms with Gasteiger partial charge in [-0.2, -0.15) is 0 Å². The van der Waals surface area contributed by atoms with Crippen LogP contribution in [0.25, 0.3) is 0 Å². The van der Waals surface area contributed by atoms with Gasteiger partial charge < -0.3 is 4.79 Å². The minimum Gasteiger partial charge on any atom is -0.303 e. The van der Waals surface area contributed by atoms with Gasteiger partial charge in [0.05, 0.1) is 10.3 Å². The highest BCUT2D eigenvalue weighted by Crippen LogP contribution is 2.70. The van der Waals surface area contributed by atoms with Gasteiger partial charge >= 0.3 is 0 Å². The molecule has 0 heterocycles. The summed E-state index contributed by atoms with van der Waals surface area (Å²) >= 11 is 14.5. The van der Waals surface area contributed by atoms with Gasteiger partial charge in [-0.05, 0) is 67.4 Å². The summed E-state index contributed by atoms with van der Waals surface area (Å²) in [5, 5.41) is -0.167. The van der Waals surface area contributed by atoms with Crippen molar-refractivity contribution in [1.29, 1.82) is 0 Å². The average Bonchev–Trinajstić information content (AvgIpc) is 2.87. The molecule has 3 fully saturated rings. The SMILES string of the molecule is C[C@]12CC(Cl)[C@@]3(Cl)[C@@H](CCC4=CC(=O)C=C[C@@]43C)[C@@H]1CC[C@@H]2CC=O. The van der Waals surface area contributed by atoms with Crippen molar-refractivity contribution >= 4 is 35.3 Å². The molecule has 136 valence electrons. The molecule has 2 nitrogen and oxygen atoms in total. The largest absolute Gasteiger partial charge is 0.303 e. The van der Waals surface area contributed by atoms with Gasteiger partial charge in [-0.15, -0.1) is 23.2 Å². The van der Waals surface area contributed by atoms with E-state index in [1.807, 2.05) is 6.08 Å². The van der Waals surface area contributed by atoms with Crippen molar-refractivity contribution in [3.63, 3.8) is 0 Å². The monoisotopic (exact) mass is 380 g/mol. The number of ketones is 1. The number of carbonyl (C=O) groups is 2. The van der Waals surface area contributed by atoms with E-state index < -0.39 is 4.87 Å². The van der Waals surface area contributed by atoms with Crippen LogP contribution in [0.3, 0.4) is 0 Å². The number of aldehydes is 1. The summed E-state index contributed by atoms with van der Waals surface area (Å²) in [5.41, 5.74) is 0.882. The van der Waals surface area contributed by atoms with Crippen LogP contribution in [0.4, 0.5) is 0 Å². The number of hydrogen-bond acceptors (Lipinski definition) is 2. The van der Waals surface area contributed by atoms with Gasteiger partial charge in [0.2, 0.25) is 0 Å². The van der Waals surface area contributed by atoms with Crippen molar-refractivity contribution in [3.8, 4) is 0 Å². The van der Waals surface area contributed by atoms with E-state index in [1.54, 1.807) is 12.2 Å². The van der Waals surface area contributed by atoms with E-state index in [2.05, 4.69) is 13.8 Å². The zero-order valence-electron chi connectivity index (χ0n) is 14.9. The maximum Gasteiger partial charge on any atom is 0.178 e. The predicted molar refractivity (Wildman–Crippen MR) is 101 cm³/mol. The topological polar surface area (TPSA) is 34.1 Å². The van der Waals surface area contributed by atoms with Crippen LogP contribution in [0.5, 0.6) is 0 Å². The summed E-state index contributed by atoms with van der Waals surface area (Å²) in [4.78, 5) is 22.5. The normalized spacial score (nSPS) is 51.4. The van der Waals surface area contributed by atoms with Crippen LogP contribution in [0.15, 0.2) is 23.8 Å². The highest BCUT2D eigenvalue weighted by Gasteiger charge is 2.68. The molecule has 0 aromatic carbocycles. The molecule has 0 aliphatic heterocycles. The van der Waals surface area contributed by atoms with E-state index >= 15 is 0 Å². The Morgan fingerprint density at radius 3 is 2.72 bits per heavy atom. The van der Waals surface area contributed by atoms with Crippen LogP contribution in [0.2, 0.25) is 0 Å². The number of alkyl halides is 2. The molecular formula is C21H26Cl2O2. The van der Waals surface area contributed by atoms with E-state index in [-0.39, 0.29) is 22.0 Å². The first kappa shape index (κ1) is 17.8. The molecule has 0 N–H and O–H groups in total. The van der Waals surface area contributed by atoms with Crippen LogP contribution >= 0.6 is 23.2 Å². The van der Waals surface area contributed by atoms with Gasteiger partial charge in [-0.3, -0.25) is 4.79 Å². The summed E-state index contributed by atoms with van der Waals surface area (Å²) in [7, 11) is 0. The second kappa shape index (κ2) is 5.70. The smallest absolute Gasteiger partial charge is 0.178 e. The quantitative estimate of drug-likeness (QED) is 0.494. The summed E-state index contributed by atoms with van der Waals surface area (Å²) in [6.07, 6.45) is 12.2. The van der Waals surface area contributed by atoms with Crippen molar-refractivity contribution in [3.05, 3.63) is 23.8 Å². The number of rotatable bonds is 2. The zero-order chi connectivity index (χ0) is 18.0. The lowest BCUT2D eigenvalue weighted by Crippen LogP contribution is -2.64. The Kier molecular flexibility index (Phi) is 4.05. The van der Waals surface area contributed by atoms with Crippen LogP contribution in [0, 0.1) is 28.6 Å². The zero-order valence-corrected chi connectivity index (χ0v) is 16.4. The van der Waals surface area contributed by atoms with Crippen molar-refractivity contribution in [1.82, 2.24) is 0 Å². The van der Waals surface area contributed by atoms with E-state index in [0.717, 1.165) is 44.0 Å². The Hall–Kier alpha value is -0.600. The van der Waals surface area contributed by atoms with Crippen LogP contribution < -0.4 is 0 Å². The third-order valence-corrected chi connectivity index (χ3v) is 9.72. The molecule has 4 rings (SSSR count). The molecule has 25 heavy (non-hydrogen) atoms. The molecular weight excluding hydrogens is 355 g/mol. The molecule has 0 aromatic heterocycles. The lowest BCUT2D eigenvalue weighted by Gasteiger charge is -2.63. The number of halogens is 2. The fourth-order valence-electron chi connectivity index (χ4n) is 6.75. The van der Waals surface area contributed by atoms with E-state index in [0.29, 0.717) is 24.2 Å². The lowest BCUT2D eigenvalue weighted by atomic mass is 9.47. The molecule has 7 atom stereocenters. The molecule has 0 saturated heterocycles. The maximum absolute atomic E-state index is 11.9. The second-order valence-corrected chi connectivity index (χ2v) is 10.1. The molecule has 4 heteroatoms. The summed E-state index contributed by atoms with van der Waals surface area (Å²) in [6, 6.07) is 0. The second-order valence-electron chi connectivity index (χ2n) is 8.98. The molecule has 0 spiro atoms. The van der Waals surface area contributed by atoms with Crippen molar-refractivity contribution in [2.75, 3.05) is 0 Å². The van der Waals surface area contributed by atoms with Crippen molar-refractivity contribution in [2.45, 2.75) is 62.6 Å². The van der Waals surface area contributed by atoms with Crippen LogP contribution in [-0.4, -0.2) is 22.3 Å². The Bertz CT molecular complexity index is 683. The number of carbonyl (C=O) groups excluding carboxylic acids is 2. The van der Waals surface area contributed by atoms with Crippen molar-refractivity contribution < 1.29 is 9.59 Å². The number of allylic oxidation sites excluding steroid dienone is 4. The molecule has 4 aliphatic carbocycles. The number of fused-ring (bicyclic) bond motifs is 5. The van der Waals surface area contributed by atoms with Gasteiger partial charge in [0.25, 0.3) is 0 Å². The molecule has 4 aliphatic rings. The van der Waals surface area contributed by atoms with Gasteiger partial charge in [0.1, 0.15) is 6.29 Å². The Morgan fingerprint density at radius 2 is 2.00 bits per heavy atom. The molecule has 0 bridgehead atoms. The average molecular weight is 381 g/mol. The summed E-state index contributed by atoms with van der Waals surface area (Å²) in [6.45, 7) is 4.50. The van der Waals surface area contributed by atoms with Crippen LogP contribution in [-0.2, 0) is 9.59 Å². The first-order valence-corrected chi connectivity index (χ1v) is 10.3. The Balaban J connectivity index is 1.78. The number of hydrogen-bond donors (Lipinski definition) is 0. The summed E-state index contributed by atoms with van der Waals surface area (Å²) < 4.78 is 0. The highest BCUT2D eigenvalue weighted by molar-refractivity contribution is 6.34. The van der Waals surface area contributed by atoms with Gasteiger partial charge in [0.15, 0.2) is 5.78 Å². The third kappa shape index (κ3) is 2.16. The minimum absolute atomic E-state index is 0.0601. The van der Waals surface area contributed by atoms with Crippen molar-refractivity contribution in [2.24, 2.45) is 28.6 Å². The molecule has 1 unspecified atom stereocenters. The van der Waals surface area contributed by atoms with Gasteiger partial charge in [-0.25, -0.2) is 0 Å². The van der Waals surface area contributed by atoms with Gasteiger partial charge in [-0.1, -0.05) is 25.5 Å². The molecule has 0 radical (unpaired) electrons. The minimum atomic E-state index is -0.559. The predicted octanol–water partition coefficient (Wildman–Crippen LogP) is 5.08. The fraction of sp³-hybridized carbons (Fsp3) is 0.714. The first-order chi connectivity index (χ1) is 11.8. The Labute approximate surface area is 160 Å². The molecule has 0 aromatic rings. The third-order valence-electron chi connectivity index (χ3n) is 8.17. The van der Waals surface area contributed by atoms with Crippen LogP contribution in [0.1, 0.15) is 52.4 Å². The first-order valence-electron chi connectivity index (χ1n) is 9.48. The molecule has 3 saturated carbocycles. The van der Waals surface area contributed by atoms with Gasteiger partial charge in [0, 0.05) is 11.8 Å². The van der Waals surface area contributed by atoms with E-state index in [4.69, 9.17) is 23.2 Å². The van der Waals surface area contributed by atoms with E-state index in [9.17, 15) is 9.59 Å². The summed E-state index contributed by atoms with van der Waals surface area (Å²) in [5.74, 6) is 1.32. The van der Waals surface area contributed by atoms with E-state index in [1.165, 1.54) is 0 Å². The Morgan fingerprint density at radius 1 is 1.24 bits per heavy atom. The fourth-order valence-corrected chi connectivity index (χ4v) is 7.99. The maximum atomic E-state index is 11.9. The molecule has 0 amide bonds.